The van der Waals surface area contributed by atoms with Gasteiger partial charge in [0.1, 0.15) is 0 Å². The smallest absolute Gasteiger partial charge is 0.0826 e. The Bertz CT molecular complexity index is 295. The fourth-order valence-corrected chi connectivity index (χ4v) is 2.77. The molecular weight excluding hydrogens is 288 g/mol. The number of nitrogens with one attached hydrogen (secondary N) is 1. The van der Waals surface area contributed by atoms with Gasteiger partial charge in [-0.3, -0.25) is 4.90 Å². The highest BCUT2D eigenvalue weighted by Crippen LogP contribution is 2.25. The van der Waals surface area contributed by atoms with E-state index in [0.717, 1.165) is 52.5 Å². The molecule has 1 saturated heterocycles. The molecule has 1 aliphatic rings. The first-order valence-electron chi connectivity index (χ1n) is 9.55. The predicted molar refractivity (Wildman–Crippen MR) is 98.0 cm³/mol. The Morgan fingerprint density at radius 2 is 2.09 bits per heavy atom. The van der Waals surface area contributed by atoms with Gasteiger partial charge in [0.25, 0.3) is 0 Å². The highest BCUT2D eigenvalue weighted by Gasteiger charge is 2.20. The highest BCUT2D eigenvalue weighted by atomic mass is 16.5. The molecule has 1 heterocycles. The molecule has 138 valence electrons. The van der Waals surface area contributed by atoms with Crippen molar-refractivity contribution in [1.82, 2.24) is 10.2 Å². The number of nitrogens with zero attached hydrogens (tertiary/aromatic N) is 1. The fraction of sp³-hybridized carbons (Fsp3) is 1.00. The van der Waals surface area contributed by atoms with Crippen LogP contribution in [0.2, 0.25) is 0 Å². The standard InChI is InChI=1S/C19H40N2O2/c1-6-19(4,5)8-7-11-22-12-9-21-10-13-23-18(16-21)15-20-14-17(2)3/h17-18,20H,6-16H2,1-5H3/t18-/m0/s1. The summed E-state index contributed by atoms with van der Waals surface area (Å²) in [7, 11) is 0. The minimum atomic E-state index is 0.327. The molecule has 0 aromatic carbocycles. The SMILES string of the molecule is CCC(C)(C)CCCOCCN1CCO[C@@H](CNCC(C)C)C1. The molecule has 0 saturated carbocycles. The lowest BCUT2D eigenvalue weighted by atomic mass is 9.85. The van der Waals surface area contributed by atoms with E-state index in [2.05, 4.69) is 44.8 Å². The van der Waals surface area contributed by atoms with E-state index >= 15 is 0 Å². The third-order valence-corrected chi connectivity index (χ3v) is 4.80. The summed E-state index contributed by atoms with van der Waals surface area (Å²) in [5.41, 5.74) is 0.462. The van der Waals surface area contributed by atoms with Gasteiger partial charge in [0.05, 0.1) is 19.3 Å². The molecule has 1 fully saturated rings. The van der Waals surface area contributed by atoms with Crippen LogP contribution in [-0.4, -0.2) is 63.5 Å². The Balaban J connectivity index is 2.04. The summed E-state index contributed by atoms with van der Waals surface area (Å²) in [5.74, 6) is 0.695. The van der Waals surface area contributed by atoms with Crippen molar-refractivity contribution >= 4 is 0 Å². The van der Waals surface area contributed by atoms with Gasteiger partial charge in [-0.25, -0.2) is 0 Å². The van der Waals surface area contributed by atoms with Crippen LogP contribution in [0.15, 0.2) is 0 Å². The summed E-state index contributed by atoms with van der Waals surface area (Å²) >= 11 is 0. The lowest BCUT2D eigenvalue weighted by molar-refractivity contribution is -0.0353. The van der Waals surface area contributed by atoms with E-state index in [-0.39, 0.29) is 0 Å². The normalized spacial score (nSPS) is 20.3. The predicted octanol–water partition coefficient (Wildman–Crippen LogP) is 3.17. The van der Waals surface area contributed by atoms with Crippen molar-refractivity contribution < 1.29 is 9.47 Å². The summed E-state index contributed by atoms with van der Waals surface area (Å²) in [5, 5.41) is 3.50. The largest absolute Gasteiger partial charge is 0.380 e. The van der Waals surface area contributed by atoms with Crippen molar-refractivity contribution in [2.75, 3.05) is 52.5 Å². The van der Waals surface area contributed by atoms with Crippen LogP contribution in [0.25, 0.3) is 0 Å². The van der Waals surface area contributed by atoms with Gasteiger partial charge < -0.3 is 14.8 Å². The highest BCUT2D eigenvalue weighted by molar-refractivity contribution is 4.73. The van der Waals surface area contributed by atoms with E-state index in [1.807, 2.05) is 0 Å². The minimum Gasteiger partial charge on any atom is -0.380 e. The quantitative estimate of drug-likeness (QED) is 0.558. The van der Waals surface area contributed by atoms with Crippen molar-refractivity contribution in [2.24, 2.45) is 11.3 Å². The maximum absolute atomic E-state index is 5.84. The van der Waals surface area contributed by atoms with E-state index in [9.17, 15) is 0 Å². The second kappa shape index (κ2) is 11.4. The minimum absolute atomic E-state index is 0.327. The van der Waals surface area contributed by atoms with Gasteiger partial charge >= 0.3 is 0 Å². The van der Waals surface area contributed by atoms with Crippen LogP contribution in [0.3, 0.4) is 0 Å². The zero-order chi connectivity index (χ0) is 17.1. The first-order chi connectivity index (χ1) is 10.9. The zero-order valence-electron chi connectivity index (χ0n) is 16.2. The molecule has 23 heavy (non-hydrogen) atoms. The van der Waals surface area contributed by atoms with Crippen LogP contribution in [-0.2, 0) is 9.47 Å². The molecule has 0 aromatic rings. The van der Waals surface area contributed by atoms with E-state index in [1.54, 1.807) is 0 Å². The maximum atomic E-state index is 5.84. The molecule has 4 heteroatoms. The first kappa shape index (κ1) is 20.9. The van der Waals surface area contributed by atoms with Crippen LogP contribution in [0.5, 0.6) is 0 Å². The Morgan fingerprint density at radius 3 is 2.78 bits per heavy atom. The molecule has 0 radical (unpaired) electrons. The lowest BCUT2D eigenvalue weighted by Gasteiger charge is -2.33. The molecule has 1 rings (SSSR count). The van der Waals surface area contributed by atoms with Crippen LogP contribution in [0.4, 0.5) is 0 Å². The second-order valence-electron chi connectivity index (χ2n) is 8.08. The summed E-state index contributed by atoms with van der Waals surface area (Å²) in [6.07, 6.45) is 4.00. The van der Waals surface area contributed by atoms with Crippen molar-refractivity contribution in [3.8, 4) is 0 Å². The van der Waals surface area contributed by atoms with E-state index in [4.69, 9.17) is 9.47 Å². The molecule has 0 aliphatic carbocycles. The number of hydrogen-bond donors (Lipinski definition) is 1. The Kier molecular flexibility index (Phi) is 10.4. The first-order valence-corrected chi connectivity index (χ1v) is 9.55. The zero-order valence-corrected chi connectivity index (χ0v) is 16.2. The van der Waals surface area contributed by atoms with Crippen LogP contribution in [0.1, 0.15) is 53.9 Å². The molecule has 0 aromatic heterocycles. The van der Waals surface area contributed by atoms with Crippen LogP contribution >= 0.6 is 0 Å². The lowest BCUT2D eigenvalue weighted by Crippen LogP contribution is -2.47. The number of ether oxygens (including phenoxy) is 2. The molecule has 0 spiro atoms. The fourth-order valence-electron chi connectivity index (χ4n) is 2.77. The van der Waals surface area contributed by atoms with Gasteiger partial charge in [0.15, 0.2) is 0 Å². The average molecular weight is 329 g/mol. The van der Waals surface area contributed by atoms with Gasteiger partial charge in [-0.15, -0.1) is 0 Å². The van der Waals surface area contributed by atoms with Gasteiger partial charge in [-0.2, -0.15) is 0 Å². The van der Waals surface area contributed by atoms with Crippen molar-refractivity contribution in [3.63, 3.8) is 0 Å². The monoisotopic (exact) mass is 328 g/mol. The Morgan fingerprint density at radius 1 is 1.30 bits per heavy atom. The van der Waals surface area contributed by atoms with Gasteiger partial charge in [0.2, 0.25) is 0 Å². The number of rotatable bonds is 12. The topological polar surface area (TPSA) is 33.7 Å². The molecular formula is C19H40N2O2. The van der Waals surface area contributed by atoms with Crippen LogP contribution < -0.4 is 5.32 Å². The third-order valence-electron chi connectivity index (χ3n) is 4.80. The second-order valence-corrected chi connectivity index (χ2v) is 8.08. The Hall–Kier alpha value is -0.160. The van der Waals surface area contributed by atoms with Crippen molar-refractivity contribution in [2.45, 2.75) is 60.0 Å². The summed E-state index contributed by atoms with van der Waals surface area (Å²) in [6.45, 7) is 19.1. The summed E-state index contributed by atoms with van der Waals surface area (Å²) in [4.78, 5) is 2.47. The van der Waals surface area contributed by atoms with E-state index in [0.29, 0.717) is 17.4 Å². The number of morpholine rings is 1. The summed E-state index contributed by atoms with van der Waals surface area (Å²) in [6, 6.07) is 0. The molecule has 4 nitrogen and oxygen atoms in total. The third kappa shape index (κ3) is 10.3. The van der Waals surface area contributed by atoms with Gasteiger partial charge in [-0.05, 0) is 30.7 Å². The molecule has 1 atom stereocenters. The van der Waals surface area contributed by atoms with Crippen molar-refractivity contribution in [1.29, 1.82) is 0 Å². The maximum Gasteiger partial charge on any atom is 0.0826 e. The molecule has 0 bridgehead atoms. The number of hydrogen-bond acceptors (Lipinski definition) is 4. The van der Waals surface area contributed by atoms with E-state index < -0.39 is 0 Å². The molecule has 1 N–H and O–H groups in total. The molecule has 0 amide bonds. The Labute approximate surface area is 144 Å². The van der Waals surface area contributed by atoms with Crippen LogP contribution in [0, 0.1) is 11.3 Å². The van der Waals surface area contributed by atoms with Crippen molar-refractivity contribution in [3.05, 3.63) is 0 Å². The van der Waals surface area contributed by atoms with Gasteiger partial charge in [-0.1, -0.05) is 41.0 Å². The summed E-state index contributed by atoms with van der Waals surface area (Å²) < 4.78 is 11.7. The van der Waals surface area contributed by atoms with E-state index in [1.165, 1.54) is 19.3 Å². The molecule has 0 unspecified atom stereocenters. The van der Waals surface area contributed by atoms with Gasteiger partial charge in [0, 0.05) is 32.8 Å². The average Bonchev–Trinajstić information content (AvgIpc) is 2.51. The molecule has 1 aliphatic heterocycles.